The summed E-state index contributed by atoms with van der Waals surface area (Å²) in [4.78, 5) is 10.2. The van der Waals surface area contributed by atoms with Crippen LogP contribution in [0, 0.1) is 11.3 Å². The number of carboxylic acid groups (broad SMARTS) is 1. The third-order valence-corrected chi connectivity index (χ3v) is 3.20. The van der Waals surface area contributed by atoms with E-state index in [4.69, 9.17) is 10.4 Å². The van der Waals surface area contributed by atoms with Crippen molar-refractivity contribution in [2.75, 3.05) is 6.54 Å². The van der Waals surface area contributed by atoms with Gasteiger partial charge in [0.25, 0.3) is 0 Å². The Labute approximate surface area is 98.6 Å². The Morgan fingerprint density at radius 1 is 1.41 bits per heavy atom. The highest BCUT2D eigenvalue weighted by Gasteiger charge is 2.14. The quantitative estimate of drug-likeness (QED) is 0.772. The van der Waals surface area contributed by atoms with Crippen LogP contribution in [-0.2, 0) is 20.6 Å². The van der Waals surface area contributed by atoms with Crippen molar-refractivity contribution in [1.82, 2.24) is 4.72 Å². The molecule has 0 aromatic heterocycles. The maximum Gasteiger partial charge on any atom is 0.318 e. The molecule has 0 amide bonds. The summed E-state index contributed by atoms with van der Waals surface area (Å²) in [5, 5.41) is 17.1. The van der Waals surface area contributed by atoms with Crippen LogP contribution >= 0.6 is 0 Å². The molecule has 0 radical (unpaired) electrons. The topological polar surface area (TPSA) is 107 Å². The second-order valence-electron chi connectivity index (χ2n) is 3.24. The molecule has 0 heterocycles. The van der Waals surface area contributed by atoms with Gasteiger partial charge >= 0.3 is 5.97 Å². The van der Waals surface area contributed by atoms with Crippen molar-refractivity contribution in [3.8, 4) is 6.07 Å². The fraction of sp³-hybridized carbons (Fsp3) is 0.200. The molecule has 1 aromatic carbocycles. The highest BCUT2D eigenvalue weighted by Crippen LogP contribution is 2.10. The van der Waals surface area contributed by atoms with Gasteiger partial charge in [-0.2, -0.15) is 5.26 Å². The van der Waals surface area contributed by atoms with Crippen molar-refractivity contribution in [3.63, 3.8) is 0 Å². The Morgan fingerprint density at radius 3 is 2.65 bits per heavy atom. The predicted molar refractivity (Wildman–Crippen MR) is 59.4 cm³/mol. The smallest absolute Gasteiger partial charge is 0.318 e. The van der Waals surface area contributed by atoms with Gasteiger partial charge in [-0.15, -0.1) is 0 Å². The Balaban J connectivity index is 2.84. The average Bonchev–Trinajstić information content (AvgIpc) is 2.27. The molecular formula is C10H10N2O4S. The first-order valence-corrected chi connectivity index (χ1v) is 6.27. The molecular weight excluding hydrogens is 244 g/mol. The Kier molecular flexibility index (Phi) is 4.20. The van der Waals surface area contributed by atoms with Crippen molar-refractivity contribution >= 4 is 16.0 Å². The predicted octanol–water partition coefficient (Wildman–Crippen LogP) is 0.0623. The van der Waals surface area contributed by atoms with Crippen LogP contribution in [0.3, 0.4) is 0 Å². The molecule has 0 aliphatic heterocycles. The summed E-state index contributed by atoms with van der Waals surface area (Å²) in [7, 11) is -3.74. The fourth-order valence-electron chi connectivity index (χ4n) is 1.18. The molecule has 0 saturated carbocycles. The Morgan fingerprint density at radius 2 is 2.06 bits per heavy atom. The lowest BCUT2D eigenvalue weighted by atomic mass is 10.1. The van der Waals surface area contributed by atoms with Crippen LogP contribution in [0.25, 0.3) is 0 Å². The molecule has 0 spiro atoms. The second kappa shape index (κ2) is 5.43. The number of nitrogens with one attached hydrogen (secondary N) is 1. The lowest BCUT2D eigenvalue weighted by molar-refractivity contribution is -0.135. The molecule has 0 unspecified atom stereocenters. The van der Waals surface area contributed by atoms with Crippen LogP contribution in [0.4, 0.5) is 0 Å². The van der Waals surface area contributed by atoms with Gasteiger partial charge in [0.1, 0.15) is 6.54 Å². The molecule has 0 bridgehead atoms. The summed E-state index contributed by atoms with van der Waals surface area (Å²) in [5.74, 6) is -1.67. The van der Waals surface area contributed by atoms with E-state index in [2.05, 4.69) is 0 Å². The summed E-state index contributed by atoms with van der Waals surface area (Å²) in [6.07, 6.45) is 0. The van der Waals surface area contributed by atoms with Crippen LogP contribution in [-0.4, -0.2) is 26.0 Å². The van der Waals surface area contributed by atoms with Gasteiger partial charge < -0.3 is 5.11 Å². The first kappa shape index (κ1) is 13.2. The van der Waals surface area contributed by atoms with Crippen molar-refractivity contribution in [1.29, 1.82) is 5.26 Å². The summed E-state index contributed by atoms with van der Waals surface area (Å²) in [6, 6.07) is 8.13. The van der Waals surface area contributed by atoms with Gasteiger partial charge in [0, 0.05) is 0 Å². The van der Waals surface area contributed by atoms with Crippen molar-refractivity contribution < 1.29 is 18.3 Å². The number of sulfonamides is 1. The third-order valence-electron chi connectivity index (χ3n) is 1.93. The number of nitrogens with zero attached hydrogens (tertiary/aromatic N) is 1. The molecule has 6 nitrogen and oxygen atoms in total. The van der Waals surface area contributed by atoms with E-state index < -0.39 is 28.3 Å². The van der Waals surface area contributed by atoms with E-state index in [9.17, 15) is 13.2 Å². The fourth-order valence-corrected chi connectivity index (χ4v) is 2.29. The van der Waals surface area contributed by atoms with Crippen molar-refractivity contribution in [2.45, 2.75) is 5.75 Å². The van der Waals surface area contributed by atoms with E-state index in [0.29, 0.717) is 5.56 Å². The van der Waals surface area contributed by atoms with Crippen LogP contribution in [0.2, 0.25) is 0 Å². The number of hydrogen-bond donors (Lipinski definition) is 2. The normalized spacial score (nSPS) is 10.8. The molecule has 0 fully saturated rings. The van der Waals surface area contributed by atoms with E-state index in [-0.39, 0.29) is 5.56 Å². The standard InChI is InChI=1S/C10H10N2O4S/c11-5-8-3-1-2-4-9(8)7-17(15,16)12-6-10(13)14/h1-4,12H,6-7H2,(H,13,14). The van der Waals surface area contributed by atoms with Crippen LogP contribution in [0.1, 0.15) is 11.1 Å². The molecule has 7 heteroatoms. The Bertz CT molecular complexity index is 560. The summed E-state index contributed by atoms with van der Waals surface area (Å²) < 4.78 is 24.9. The molecule has 0 atom stereocenters. The average molecular weight is 254 g/mol. The SMILES string of the molecule is N#Cc1ccccc1CS(=O)(=O)NCC(=O)O. The van der Waals surface area contributed by atoms with Crippen molar-refractivity contribution in [3.05, 3.63) is 35.4 Å². The lowest BCUT2D eigenvalue weighted by Gasteiger charge is -2.05. The van der Waals surface area contributed by atoms with Gasteiger partial charge in [0.05, 0.1) is 17.4 Å². The van der Waals surface area contributed by atoms with Crippen LogP contribution < -0.4 is 4.72 Å². The zero-order valence-electron chi connectivity index (χ0n) is 8.75. The minimum absolute atomic E-state index is 0.258. The van der Waals surface area contributed by atoms with E-state index in [1.807, 2.05) is 10.8 Å². The highest BCUT2D eigenvalue weighted by atomic mass is 32.2. The molecule has 0 saturated heterocycles. The van der Waals surface area contributed by atoms with Gasteiger partial charge in [-0.25, -0.2) is 13.1 Å². The molecule has 90 valence electrons. The monoisotopic (exact) mass is 254 g/mol. The molecule has 1 rings (SSSR count). The van der Waals surface area contributed by atoms with Crippen LogP contribution in [0.5, 0.6) is 0 Å². The maximum absolute atomic E-state index is 11.5. The molecule has 0 aliphatic carbocycles. The van der Waals surface area contributed by atoms with Gasteiger partial charge in [-0.1, -0.05) is 18.2 Å². The summed E-state index contributed by atoms with van der Waals surface area (Å²) in [6.45, 7) is -0.670. The number of nitriles is 1. The second-order valence-corrected chi connectivity index (χ2v) is 5.05. The van der Waals surface area contributed by atoms with E-state index >= 15 is 0 Å². The number of benzene rings is 1. The molecule has 1 aromatic rings. The summed E-state index contributed by atoms with van der Waals surface area (Å²) in [5.41, 5.74) is 0.598. The van der Waals surface area contributed by atoms with Gasteiger partial charge in [-0.05, 0) is 11.6 Å². The third kappa shape index (κ3) is 4.22. The molecule has 0 aliphatic rings. The van der Waals surface area contributed by atoms with Gasteiger partial charge in [-0.3, -0.25) is 4.79 Å². The molecule has 2 N–H and O–H groups in total. The lowest BCUT2D eigenvalue weighted by Crippen LogP contribution is -2.30. The zero-order chi connectivity index (χ0) is 12.9. The van der Waals surface area contributed by atoms with E-state index in [1.165, 1.54) is 12.1 Å². The summed E-state index contributed by atoms with van der Waals surface area (Å²) >= 11 is 0. The van der Waals surface area contributed by atoms with E-state index in [0.717, 1.165) is 0 Å². The number of hydrogen-bond acceptors (Lipinski definition) is 4. The Hall–Kier alpha value is -1.91. The minimum Gasteiger partial charge on any atom is -0.480 e. The minimum atomic E-state index is -3.74. The zero-order valence-corrected chi connectivity index (χ0v) is 9.57. The number of carbonyl (C=O) groups is 1. The van der Waals surface area contributed by atoms with Crippen LogP contribution in [0.15, 0.2) is 24.3 Å². The van der Waals surface area contributed by atoms with Crippen molar-refractivity contribution in [2.24, 2.45) is 0 Å². The first-order chi connectivity index (χ1) is 7.94. The van der Waals surface area contributed by atoms with E-state index in [1.54, 1.807) is 12.1 Å². The number of carboxylic acids is 1. The van der Waals surface area contributed by atoms with Gasteiger partial charge in [0.2, 0.25) is 10.0 Å². The maximum atomic E-state index is 11.5. The largest absolute Gasteiger partial charge is 0.480 e. The van der Waals surface area contributed by atoms with Gasteiger partial charge in [0.15, 0.2) is 0 Å². The first-order valence-electron chi connectivity index (χ1n) is 4.62. The highest BCUT2D eigenvalue weighted by molar-refractivity contribution is 7.88. The molecule has 17 heavy (non-hydrogen) atoms. The number of rotatable bonds is 5. The number of aliphatic carboxylic acids is 1.